The van der Waals surface area contributed by atoms with E-state index in [2.05, 4.69) is 41.3 Å². The quantitative estimate of drug-likeness (QED) is 0.149. The summed E-state index contributed by atoms with van der Waals surface area (Å²) >= 11 is 2.74. The van der Waals surface area contributed by atoms with Crippen molar-refractivity contribution >= 4 is 50.4 Å². The zero-order valence-electron chi connectivity index (χ0n) is 21.4. The lowest BCUT2D eigenvalue weighted by atomic mass is 10.1. The van der Waals surface area contributed by atoms with Crippen molar-refractivity contribution in [2.24, 2.45) is 0 Å². The van der Waals surface area contributed by atoms with E-state index in [-0.39, 0.29) is 18.4 Å². The molecule has 4 N–H and O–H groups in total. The number of anilines is 3. The topological polar surface area (TPSA) is 166 Å². The average Bonchev–Trinajstić information content (AvgIpc) is 3.70. The minimum Gasteiger partial charge on any atom is -0.399 e. The molecule has 14 heteroatoms. The average molecular weight is 575 g/mol. The number of benzene rings is 2. The van der Waals surface area contributed by atoms with Crippen molar-refractivity contribution in [3.63, 3.8) is 0 Å². The predicted octanol–water partition coefficient (Wildman–Crippen LogP) is 3.62. The van der Waals surface area contributed by atoms with Crippen LogP contribution in [0, 0.1) is 0 Å². The lowest BCUT2D eigenvalue weighted by molar-refractivity contribution is -0.117. The van der Waals surface area contributed by atoms with Crippen molar-refractivity contribution in [2.45, 2.75) is 38.6 Å². The minimum absolute atomic E-state index is 0.00737. The van der Waals surface area contributed by atoms with Gasteiger partial charge in [-0.15, -0.1) is 25.5 Å². The highest BCUT2D eigenvalue weighted by Gasteiger charge is 2.12. The number of nitrogens with two attached hydrogens (primary N) is 1. The monoisotopic (exact) mass is 574 g/mol. The maximum Gasteiger partial charge on any atom is 0.247 e. The molecule has 0 unspecified atom stereocenters. The summed E-state index contributed by atoms with van der Waals surface area (Å²) in [5, 5.41) is 32.9. The van der Waals surface area contributed by atoms with E-state index in [1.807, 2.05) is 42.5 Å². The number of carbonyl (C=O) groups excluding carboxylic acids is 2. The van der Waals surface area contributed by atoms with Crippen LogP contribution in [0.25, 0.3) is 11.3 Å². The number of amides is 2. The summed E-state index contributed by atoms with van der Waals surface area (Å²) in [6.07, 6.45) is 5.26. The van der Waals surface area contributed by atoms with E-state index in [4.69, 9.17) is 5.73 Å². The molecule has 40 heavy (non-hydrogen) atoms. The van der Waals surface area contributed by atoms with E-state index in [1.54, 1.807) is 18.3 Å². The molecule has 12 nitrogen and oxygen atoms in total. The van der Waals surface area contributed by atoms with E-state index >= 15 is 0 Å². The van der Waals surface area contributed by atoms with Gasteiger partial charge in [0.1, 0.15) is 22.3 Å². The van der Waals surface area contributed by atoms with Crippen LogP contribution in [-0.2, 0) is 35.4 Å². The Balaban J connectivity index is 1.01. The first kappa shape index (κ1) is 27.0. The highest BCUT2D eigenvalue weighted by molar-refractivity contribution is 7.15. The second-order valence-electron chi connectivity index (χ2n) is 8.89. The number of hydrogen-bond donors (Lipinski definition) is 3. The van der Waals surface area contributed by atoms with Crippen LogP contribution in [0.4, 0.5) is 16.0 Å². The molecule has 0 saturated heterocycles. The van der Waals surface area contributed by atoms with Gasteiger partial charge < -0.3 is 11.1 Å². The van der Waals surface area contributed by atoms with Crippen molar-refractivity contribution < 1.29 is 9.59 Å². The predicted molar refractivity (Wildman–Crippen MR) is 154 cm³/mol. The van der Waals surface area contributed by atoms with Crippen LogP contribution < -0.4 is 16.4 Å². The SMILES string of the molecule is Nc1ccc(-c2cn(CC(=O)Nc3nnc(CCCCc4nnc(NC(=O)Cc5ccccc5)s4)s3)nn2)cc1. The lowest BCUT2D eigenvalue weighted by Crippen LogP contribution is -2.19. The summed E-state index contributed by atoms with van der Waals surface area (Å²) in [6.45, 7) is 0.00737. The highest BCUT2D eigenvalue weighted by atomic mass is 32.1. The molecule has 0 saturated carbocycles. The summed E-state index contributed by atoms with van der Waals surface area (Å²) in [6, 6.07) is 16.8. The Morgan fingerprint density at radius 1 is 0.775 bits per heavy atom. The number of nitrogens with one attached hydrogen (secondary N) is 2. The molecular formula is C26H26N10O2S2. The molecule has 3 aromatic heterocycles. The van der Waals surface area contributed by atoms with Gasteiger partial charge in [0, 0.05) is 24.1 Å². The van der Waals surface area contributed by atoms with Gasteiger partial charge in [0.05, 0.1) is 12.6 Å². The second kappa shape index (κ2) is 13.0. The standard InChI is InChI=1S/C26H26N10O2S2/c27-19-12-10-18(11-13-19)20-15-36(35-30-20)16-22(38)29-26-34-32-24(40-26)9-5-4-8-23-31-33-25(39-23)28-21(37)14-17-6-2-1-3-7-17/h1-3,6-7,10-13,15H,4-5,8-9,14,16,27H2,(H,28,33,37)(H,29,34,38). The summed E-state index contributed by atoms with van der Waals surface area (Å²) < 4.78 is 1.47. The second-order valence-corrected chi connectivity index (χ2v) is 11.0. The lowest BCUT2D eigenvalue weighted by Gasteiger charge is -2.00. The van der Waals surface area contributed by atoms with E-state index in [0.717, 1.165) is 46.8 Å². The molecule has 3 heterocycles. The Labute approximate surface area is 237 Å². The van der Waals surface area contributed by atoms with E-state index in [0.29, 0.717) is 28.1 Å². The van der Waals surface area contributed by atoms with Crippen molar-refractivity contribution in [1.29, 1.82) is 0 Å². The Kier molecular flexibility index (Phi) is 8.78. The zero-order valence-corrected chi connectivity index (χ0v) is 23.0. The van der Waals surface area contributed by atoms with Gasteiger partial charge in [-0.2, -0.15) is 0 Å². The van der Waals surface area contributed by atoms with Crippen LogP contribution in [-0.4, -0.2) is 47.2 Å². The Morgan fingerprint density at radius 3 is 2.05 bits per heavy atom. The number of nitrogen functional groups attached to an aromatic ring is 1. The fourth-order valence-corrected chi connectivity index (χ4v) is 5.37. The molecule has 0 aliphatic carbocycles. The van der Waals surface area contributed by atoms with Gasteiger partial charge in [-0.05, 0) is 30.5 Å². The Morgan fingerprint density at radius 2 is 1.40 bits per heavy atom. The third-order valence-corrected chi connectivity index (χ3v) is 7.51. The van der Waals surface area contributed by atoms with Gasteiger partial charge >= 0.3 is 0 Å². The smallest absolute Gasteiger partial charge is 0.247 e. The number of unbranched alkanes of at least 4 members (excludes halogenated alkanes) is 1. The Hall–Kier alpha value is -4.56. The first-order valence-electron chi connectivity index (χ1n) is 12.5. The minimum atomic E-state index is -0.264. The van der Waals surface area contributed by atoms with Crippen molar-refractivity contribution in [3.8, 4) is 11.3 Å². The van der Waals surface area contributed by atoms with E-state index < -0.39 is 0 Å². The third kappa shape index (κ3) is 7.74. The molecule has 5 rings (SSSR count). The molecule has 0 bridgehead atoms. The molecule has 0 fully saturated rings. The van der Waals surface area contributed by atoms with Crippen molar-refractivity contribution in [1.82, 2.24) is 35.4 Å². The van der Waals surface area contributed by atoms with Gasteiger partial charge in [0.25, 0.3) is 0 Å². The van der Waals surface area contributed by atoms with Crippen LogP contribution in [0.5, 0.6) is 0 Å². The highest BCUT2D eigenvalue weighted by Crippen LogP contribution is 2.21. The first-order valence-corrected chi connectivity index (χ1v) is 14.2. The van der Waals surface area contributed by atoms with Gasteiger partial charge in [-0.3, -0.25) is 14.9 Å². The fraction of sp³-hybridized carbons (Fsp3) is 0.231. The van der Waals surface area contributed by atoms with Crippen LogP contribution >= 0.6 is 22.7 Å². The number of rotatable bonds is 12. The number of hydrogen-bond acceptors (Lipinski definition) is 11. The molecular weight excluding hydrogens is 548 g/mol. The van der Waals surface area contributed by atoms with Gasteiger partial charge in [-0.25, -0.2) is 4.68 Å². The molecule has 2 aromatic carbocycles. The van der Waals surface area contributed by atoms with Crippen LogP contribution in [0.1, 0.15) is 28.4 Å². The molecule has 0 atom stereocenters. The van der Waals surface area contributed by atoms with Gasteiger partial charge in [-0.1, -0.05) is 70.4 Å². The van der Waals surface area contributed by atoms with Crippen LogP contribution in [0.15, 0.2) is 60.8 Å². The van der Waals surface area contributed by atoms with Crippen molar-refractivity contribution in [2.75, 3.05) is 16.4 Å². The number of nitrogens with zero attached hydrogens (tertiary/aromatic N) is 7. The third-order valence-electron chi connectivity index (χ3n) is 5.72. The maximum atomic E-state index is 12.4. The number of aryl methyl sites for hydroxylation is 2. The Bertz CT molecular complexity index is 1560. The van der Waals surface area contributed by atoms with E-state index in [1.165, 1.54) is 27.4 Å². The zero-order chi connectivity index (χ0) is 27.7. The molecule has 0 aliphatic heterocycles. The molecule has 5 aromatic rings. The summed E-state index contributed by atoms with van der Waals surface area (Å²) in [5.41, 5.74) is 8.86. The normalized spacial score (nSPS) is 10.9. The first-order chi connectivity index (χ1) is 19.5. The number of carbonyl (C=O) groups is 2. The molecule has 2 amide bonds. The molecule has 0 radical (unpaired) electrons. The summed E-state index contributed by atoms with van der Waals surface area (Å²) in [4.78, 5) is 24.7. The number of aromatic nitrogens is 7. The fourth-order valence-electron chi connectivity index (χ4n) is 3.78. The molecule has 0 aliphatic rings. The maximum absolute atomic E-state index is 12.4. The largest absolute Gasteiger partial charge is 0.399 e. The molecule has 0 spiro atoms. The summed E-state index contributed by atoms with van der Waals surface area (Å²) in [7, 11) is 0. The van der Waals surface area contributed by atoms with Gasteiger partial charge in [0.15, 0.2) is 0 Å². The van der Waals surface area contributed by atoms with Crippen molar-refractivity contribution in [3.05, 3.63) is 76.4 Å². The van der Waals surface area contributed by atoms with Crippen LogP contribution in [0.2, 0.25) is 0 Å². The molecule has 204 valence electrons. The van der Waals surface area contributed by atoms with E-state index in [9.17, 15) is 9.59 Å². The summed E-state index contributed by atoms with van der Waals surface area (Å²) in [5.74, 6) is -0.378. The van der Waals surface area contributed by atoms with Crippen LogP contribution in [0.3, 0.4) is 0 Å². The van der Waals surface area contributed by atoms with Gasteiger partial charge in [0.2, 0.25) is 22.1 Å².